The molecule has 2 aromatic heterocycles. The van der Waals surface area contributed by atoms with E-state index in [-0.39, 0.29) is 12.5 Å². The van der Waals surface area contributed by atoms with Gasteiger partial charge in [-0.1, -0.05) is 11.3 Å². The standard InChI is InChI=1S/C26H26N4O6S/c1-32-17-12-22(34-3)18(23(13-17)35-4)7-9-28-25(31)24-15-30-14-20(29-26(30)37-24)19-11-16(36-10-8-27)5-6-21(19)33-2/h5-6,11-15H,7,9-10H2,1-4H3,(H,28,31). The van der Waals surface area contributed by atoms with Gasteiger partial charge in [-0.05, 0) is 24.6 Å². The predicted octanol–water partition coefficient (Wildman–Crippen LogP) is 3.97. The van der Waals surface area contributed by atoms with E-state index in [1.165, 1.54) is 11.3 Å². The van der Waals surface area contributed by atoms with Crippen LogP contribution in [0.15, 0.2) is 42.7 Å². The van der Waals surface area contributed by atoms with Crippen molar-refractivity contribution in [3.8, 4) is 46.1 Å². The van der Waals surface area contributed by atoms with Crippen LogP contribution in [0.2, 0.25) is 0 Å². The van der Waals surface area contributed by atoms with Crippen LogP contribution in [0.1, 0.15) is 15.2 Å². The topological polar surface area (TPSA) is 116 Å². The highest BCUT2D eigenvalue weighted by molar-refractivity contribution is 7.18. The van der Waals surface area contributed by atoms with Crippen molar-refractivity contribution in [2.24, 2.45) is 0 Å². The molecule has 0 unspecified atom stereocenters. The Balaban J connectivity index is 1.47. The van der Waals surface area contributed by atoms with Crippen LogP contribution in [0, 0.1) is 11.3 Å². The van der Waals surface area contributed by atoms with Gasteiger partial charge in [-0.2, -0.15) is 5.26 Å². The summed E-state index contributed by atoms with van der Waals surface area (Å²) in [5.74, 6) is 2.85. The van der Waals surface area contributed by atoms with Crippen LogP contribution in [0.3, 0.4) is 0 Å². The number of rotatable bonds is 11. The fourth-order valence-electron chi connectivity index (χ4n) is 3.84. The van der Waals surface area contributed by atoms with E-state index in [4.69, 9.17) is 28.9 Å². The average Bonchev–Trinajstić information content (AvgIpc) is 3.51. The van der Waals surface area contributed by atoms with Gasteiger partial charge >= 0.3 is 0 Å². The Morgan fingerprint density at radius 2 is 1.73 bits per heavy atom. The number of ether oxygens (including phenoxy) is 5. The monoisotopic (exact) mass is 522 g/mol. The molecule has 4 aromatic rings. The molecule has 0 spiro atoms. The summed E-state index contributed by atoms with van der Waals surface area (Å²) in [4.78, 5) is 18.7. The van der Waals surface area contributed by atoms with Crippen molar-refractivity contribution >= 4 is 22.2 Å². The Labute approximate surface area is 217 Å². The summed E-state index contributed by atoms with van der Waals surface area (Å²) in [6, 6.07) is 10.8. The molecule has 1 N–H and O–H groups in total. The van der Waals surface area contributed by atoms with Gasteiger partial charge in [0.15, 0.2) is 11.6 Å². The van der Waals surface area contributed by atoms with Crippen LogP contribution in [0.5, 0.6) is 28.7 Å². The van der Waals surface area contributed by atoms with Crippen LogP contribution in [0.25, 0.3) is 16.2 Å². The minimum Gasteiger partial charge on any atom is -0.496 e. The normalized spacial score (nSPS) is 10.6. The van der Waals surface area contributed by atoms with Gasteiger partial charge < -0.3 is 29.0 Å². The number of hydrogen-bond acceptors (Lipinski definition) is 9. The molecule has 0 aliphatic heterocycles. The van der Waals surface area contributed by atoms with Crippen molar-refractivity contribution in [3.05, 3.63) is 53.2 Å². The molecule has 0 aliphatic rings. The second-order valence-electron chi connectivity index (χ2n) is 7.74. The summed E-state index contributed by atoms with van der Waals surface area (Å²) in [6.07, 6.45) is 4.07. The largest absolute Gasteiger partial charge is 0.496 e. The lowest BCUT2D eigenvalue weighted by Gasteiger charge is -2.15. The molecular formula is C26H26N4O6S. The first kappa shape index (κ1) is 25.7. The number of aromatic nitrogens is 2. The minimum absolute atomic E-state index is 0.0550. The Morgan fingerprint density at radius 3 is 2.35 bits per heavy atom. The first-order valence-electron chi connectivity index (χ1n) is 11.2. The van der Waals surface area contributed by atoms with Crippen LogP contribution in [-0.2, 0) is 6.42 Å². The van der Waals surface area contributed by atoms with Crippen molar-refractivity contribution < 1.29 is 28.5 Å². The van der Waals surface area contributed by atoms with Gasteiger partial charge in [0.25, 0.3) is 5.91 Å². The molecule has 0 saturated carbocycles. The van der Waals surface area contributed by atoms with Crippen LogP contribution in [-0.4, -0.2) is 56.9 Å². The lowest BCUT2D eigenvalue weighted by Crippen LogP contribution is -2.25. The van der Waals surface area contributed by atoms with Crippen molar-refractivity contribution in [2.45, 2.75) is 6.42 Å². The van der Waals surface area contributed by atoms with Gasteiger partial charge in [-0.15, -0.1) is 0 Å². The maximum Gasteiger partial charge on any atom is 0.263 e. The first-order valence-corrected chi connectivity index (χ1v) is 12.1. The minimum atomic E-state index is -0.201. The SMILES string of the molecule is COc1cc(OC)c(CCNC(=O)c2cn3cc(-c4cc(OCC#N)ccc4OC)nc3s2)c(OC)c1. The zero-order chi connectivity index (χ0) is 26.4. The molecule has 0 radical (unpaired) electrons. The van der Waals surface area contributed by atoms with Gasteiger partial charge in [0, 0.05) is 42.2 Å². The summed E-state index contributed by atoms with van der Waals surface area (Å²) < 4.78 is 28.9. The van der Waals surface area contributed by atoms with Gasteiger partial charge in [-0.3, -0.25) is 9.20 Å². The maximum absolute atomic E-state index is 12.8. The van der Waals surface area contributed by atoms with Crippen LogP contribution < -0.4 is 29.0 Å². The van der Waals surface area contributed by atoms with E-state index >= 15 is 0 Å². The molecule has 0 aliphatic carbocycles. The molecule has 0 saturated heterocycles. The number of hydrogen-bond donors (Lipinski definition) is 1. The summed E-state index contributed by atoms with van der Waals surface area (Å²) in [6.45, 7) is 0.330. The number of thiazole rings is 1. The molecule has 0 fully saturated rings. The highest BCUT2D eigenvalue weighted by Gasteiger charge is 2.17. The molecule has 192 valence electrons. The highest BCUT2D eigenvalue weighted by atomic mass is 32.1. The molecule has 0 atom stereocenters. The summed E-state index contributed by atoms with van der Waals surface area (Å²) >= 11 is 1.28. The fourth-order valence-corrected chi connectivity index (χ4v) is 4.72. The van der Waals surface area contributed by atoms with Crippen molar-refractivity contribution in [2.75, 3.05) is 41.6 Å². The molecule has 1 amide bonds. The van der Waals surface area contributed by atoms with E-state index < -0.39 is 0 Å². The third kappa shape index (κ3) is 5.54. The number of fused-ring (bicyclic) bond motifs is 1. The number of carbonyl (C=O) groups is 1. The molecule has 37 heavy (non-hydrogen) atoms. The number of methoxy groups -OCH3 is 4. The number of nitrogens with zero attached hydrogens (tertiary/aromatic N) is 3. The molecule has 0 bridgehead atoms. The van der Waals surface area contributed by atoms with Crippen molar-refractivity contribution in [1.29, 1.82) is 5.26 Å². The predicted molar refractivity (Wildman–Crippen MR) is 138 cm³/mol. The Kier molecular flexibility index (Phi) is 8.00. The second kappa shape index (κ2) is 11.5. The Bertz CT molecular complexity index is 1400. The van der Waals surface area contributed by atoms with Crippen molar-refractivity contribution in [3.63, 3.8) is 0 Å². The number of nitrogens with one attached hydrogen (secondary N) is 1. The number of amides is 1. The molecular weight excluding hydrogens is 496 g/mol. The van der Waals surface area contributed by atoms with Gasteiger partial charge in [0.2, 0.25) is 0 Å². The van der Waals surface area contributed by atoms with E-state index in [1.54, 1.807) is 69.4 Å². The quantitative estimate of drug-likeness (QED) is 0.315. The lowest BCUT2D eigenvalue weighted by atomic mass is 10.1. The van der Waals surface area contributed by atoms with Crippen LogP contribution in [0.4, 0.5) is 0 Å². The van der Waals surface area contributed by atoms with E-state index in [1.807, 2.05) is 12.3 Å². The second-order valence-corrected chi connectivity index (χ2v) is 8.75. The van der Waals surface area contributed by atoms with Crippen LogP contribution >= 0.6 is 11.3 Å². The molecule has 11 heteroatoms. The average molecular weight is 523 g/mol. The van der Waals surface area contributed by atoms with Gasteiger partial charge in [-0.25, -0.2) is 4.98 Å². The molecule has 10 nitrogen and oxygen atoms in total. The number of nitriles is 1. The first-order chi connectivity index (χ1) is 18.0. The molecule has 4 rings (SSSR count). The van der Waals surface area contributed by atoms with Crippen molar-refractivity contribution in [1.82, 2.24) is 14.7 Å². The third-order valence-corrected chi connectivity index (χ3v) is 6.60. The number of imidazole rings is 1. The highest BCUT2D eigenvalue weighted by Crippen LogP contribution is 2.35. The number of carbonyl (C=O) groups excluding carboxylic acids is 1. The molecule has 2 aromatic carbocycles. The third-order valence-electron chi connectivity index (χ3n) is 5.61. The van der Waals surface area contributed by atoms with E-state index in [9.17, 15) is 4.79 Å². The summed E-state index contributed by atoms with van der Waals surface area (Å²) in [7, 11) is 6.31. The van der Waals surface area contributed by atoms with Gasteiger partial charge in [0.1, 0.15) is 39.7 Å². The zero-order valence-corrected chi connectivity index (χ0v) is 21.7. The summed E-state index contributed by atoms with van der Waals surface area (Å²) in [5, 5.41) is 11.7. The Morgan fingerprint density at radius 1 is 1.00 bits per heavy atom. The van der Waals surface area contributed by atoms with Gasteiger partial charge in [0.05, 0.1) is 34.1 Å². The fraction of sp³-hybridized carbons (Fsp3) is 0.269. The zero-order valence-electron chi connectivity index (χ0n) is 20.9. The number of benzene rings is 2. The molecule has 2 heterocycles. The van der Waals surface area contributed by atoms with E-state index in [2.05, 4.69) is 10.3 Å². The Hall–Kier alpha value is -4.43. The van der Waals surface area contributed by atoms with E-state index in [0.717, 1.165) is 11.1 Å². The lowest BCUT2D eigenvalue weighted by molar-refractivity contribution is 0.0957. The summed E-state index contributed by atoms with van der Waals surface area (Å²) in [5.41, 5.74) is 2.23. The van der Waals surface area contributed by atoms with E-state index in [0.29, 0.717) is 57.2 Å². The smallest absolute Gasteiger partial charge is 0.263 e. The maximum atomic E-state index is 12.8.